The highest BCUT2D eigenvalue weighted by Crippen LogP contribution is 2.30. The van der Waals surface area contributed by atoms with Crippen molar-refractivity contribution in [2.75, 3.05) is 60.8 Å². The fourth-order valence-corrected chi connectivity index (χ4v) is 7.76. The van der Waals surface area contributed by atoms with Gasteiger partial charge in [0.1, 0.15) is 12.1 Å². The lowest BCUT2D eigenvalue weighted by molar-refractivity contribution is -0.193. The smallest absolute Gasteiger partial charge is 0.475 e. The van der Waals surface area contributed by atoms with E-state index >= 15 is 0 Å². The lowest BCUT2D eigenvalue weighted by Gasteiger charge is -2.41. The summed E-state index contributed by atoms with van der Waals surface area (Å²) < 4.78 is 75.5. The molecule has 1 saturated heterocycles. The van der Waals surface area contributed by atoms with Crippen LogP contribution in [0.4, 0.5) is 32.0 Å². The first-order chi connectivity index (χ1) is 34.0. The Labute approximate surface area is 429 Å². The van der Waals surface area contributed by atoms with E-state index in [1.54, 1.807) is 69.9 Å². The number of likely N-dealkylation sites (N-methyl/N-ethyl adjacent to an activating group) is 3. The quantitative estimate of drug-likeness (QED) is 0.0853. The molecule has 0 spiro atoms. The number of alkyl halides is 6. The van der Waals surface area contributed by atoms with E-state index in [2.05, 4.69) is 16.0 Å². The number of nitrogens with zero attached hydrogens (tertiary/aromatic N) is 4. The number of likely N-dealkylation sites (tertiary alicyclic amines) is 1. The molecule has 1 aliphatic rings. The molecule has 20 nitrogen and oxygen atoms in total. The van der Waals surface area contributed by atoms with E-state index in [4.69, 9.17) is 35.0 Å². The standard InChI is InChI=1S/C44H76N8O8.2C2HF3O2/c1-15-27(4)38(51(12)44(58)37(26(2)3)48-42(56)31(8)49(9)10)35(59-13)25-36(53)52-22-17-20-34(52)39(60-14)28(5)43(57)50(11)23-21-32-18-16-19-33(24-32)47-41(55)30(7)46-40(54)29(6)45;2*3-2(4,5)1(6)7/h16,18-19,24,26-31,34-35,37-39H,15,17,20-23,25,45H2,1-14H3,(H,46,54)(H,47,55)(H,48,56);2*(H,6,7)/t27?,28?,29?,30?,31?,34-,35?,37?,38?,39?;;/m0../s1. The van der Waals surface area contributed by atoms with Crippen molar-refractivity contribution in [1.82, 2.24) is 30.2 Å². The number of methoxy groups -OCH3 is 2. The molecule has 1 aromatic rings. The second-order valence-corrected chi connectivity index (χ2v) is 18.8. The summed E-state index contributed by atoms with van der Waals surface area (Å²) in [4.78, 5) is 105. The maximum absolute atomic E-state index is 14.3. The van der Waals surface area contributed by atoms with Gasteiger partial charge in [0.05, 0.1) is 48.7 Å². The van der Waals surface area contributed by atoms with Gasteiger partial charge < -0.3 is 56.1 Å². The highest BCUT2D eigenvalue weighted by molar-refractivity contribution is 5.97. The largest absolute Gasteiger partial charge is 0.490 e. The number of nitrogens with two attached hydrogens (primary N) is 1. The Hall–Kier alpha value is -5.60. The lowest BCUT2D eigenvalue weighted by atomic mass is 9.89. The number of carboxylic acid groups (broad SMARTS) is 2. The van der Waals surface area contributed by atoms with Gasteiger partial charge in [-0.3, -0.25) is 33.7 Å². The number of halogens is 6. The molecule has 0 saturated carbocycles. The summed E-state index contributed by atoms with van der Waals surface area (Å²) in [5, 5.41) is 22.6. The Morgan fingerprint density at radius 2 is 1.35 bits per heavy atom. The zero-order valence-electron chi connectivity index (χ0n) is 44.7. The minimum atomic E-state index is -5.08. The molecule has 0 aliphatic carbocycles. The zero-order chi connectivity index (χ0) is 57.7. The molecule has 26 heteroatoms. The highest BCUT2D eigenvalue weighted by atomic mass is 19.4. The van der Waals surface area contributed by atoms with Gasteiger partial charge in [-0.2, -0.15) is 26.3 Å². The van der Waals surface area contributed by atoms with Crippen molar-refractivity contribution in [3.8, 4) is 0 Å². The minimum Gasteiger partial charge on any atom is -0.475 e. The van der Waals surface area contributed by atoms with Gasteiger partial charge >= 0.3 is 24.3 Å². The fraction of sp³-hybridized carbons (Fsp3) is 0.708. The van der Waals surface area contributed by atoms with E-state index in [0.29, 0.717) is 31.6 Å². The normalized spacial score (nSPS) is 17.3. The van der Waals surface area contributed by atoms with Gasteiger partial charge in [-0.1, -0.05) is 53.2 Å². The van der Waals surface area contributed by atoms with E-state index in [1.165, 1.54) is 0 Å². The molecule has 1 heterocycles. The second kappa shape index (κ2) is 31.3. The van der Waals surface area contributed by atoms with Crippen LogP contribution in [-0.4, -0.2) is 194 Å². The van der Waals surface area contributed by atoms with Gasteiger partial charge in [-0.25, -0.2) is 9.59 Å². The lowest BCUT2D eigenvalue weighted by Crippen LogP contribution is -2.59. The average Bonchev–Trinajstić information content (AvgIpc) is 3.80. The van der Waals surface area contributed by atoms with Gasteiger partial charge in [0.25, 0.3) is 0 Å². The van der Waals surface area contributed by atoms with Crippen LogP contribution in [0.1, 0.15) is 86.6 Å². The molecule has 74 heavy (non-hydrogen) atoms. The van der Waals surface area contributed by atoms with Gasteiger partial charge in [-0.15, -0.1) is 0 Å². The number of rotatable bonds is 23. The number of hydrogen-bond donors (Lipinski definition) is 6. The van der Waals surface area contributed by atoms with Gasteiger partial charge in [0, 0.05) is 47.1 Å². The van der Waals surface area contributed by atoms with Crippen molar-refractivity contribution in [1.29, 1.82) is 0 Å². The molecule has 9 unspecified atom stereocenters. The van der Waals surface area contributed by atoms with Crippen LogP contribution in [0.25, 0.3) is 0 Å². The van der Waals surface area contributed by atoms with Crippen molar-refractivity contribution in [2.45, 2.75) is 148 Å². The molecular formula is C48H78F6N8O12. The van der Waals surface area contributed by atoms with E-state index < -0.39 is 78.5 Å². The first-order valence-electron chi connectivity index (χ1n) is 23.9. The van der Waals surface area contributed by atoms with E-state index in [9.17, 15) is 55.1 Å². The van der Waals surface area contributed by atoms with Crippen LogP contribution in [0.3, 0.4) is 0 Å². The molecule has 2 rings (SSSR count). The molecule has 0 radical (unpaired) electrons. The van der Waals surface area contributed by atoms with Crippen LogP contribution < -0.4 is 21.7 Å². The van der Waals surface area contributed by atoms with Crippen molar-refractivity contribution in [3.05, 3.63) is 29.8 Å². The Balaban J connectivity index is 0.00000331. The average molecular weight is 1070 g/mol. The number of carbonyl (C=O) groups is 8. The number of anilines is 1. The van der Waals surface area contributed by atoms with Crippen LogP contribution in [-0.2, 0) is 54.3 Å². The molecule has 10 atom stereocenters. The molecule has 0 aromatic heterocycles. The maximum Gasteiger partial charge on any atom is 0.490 e. The zero-order valence-corrected chi connectivity index (χ0v) is 44.7. The van der Waals surface area contributed by atoms with Crippen LogP contribution in [0.2, 0.25) is 0 Å². The van der Waals surface area contributed by atoms with E-state index in [0.717, 1.165) is 18.4 Å². The van der Waals surface area contributed by atoms with E-state index in [-0.39, 0.29) is 53.8 Å². The summed E-state index contributed by atoms with van der Waals surface area (Å²) in [6, 6.07) is 3.83. The third-order valence-electron chi connectivity index (χ3n) is 12.6. The predicted octanol–water partition coefficient (Wildman–Crippen LogP) is 3.76. The number of carbonyl (C=O) groups excluding carboxylic acids is 6. The summed E-state index contributed by atoms with van der Waals surface area (Å²) in [5.74, 6) is -7.83. The molecule has 1 fully saturated rings. The number of carboxylic acids is 2. The first kappa shape index (κ1) is 68.4. The molecule has 6 amide bonds. The monoisotopic (exact) mass is 1070 g/mol. The molecule has 1 aromatic carbocycles. The molecular weight excluding hydrogens is 995 g/mol. The fourth-order valence-electron chi connectivity index (χ4n) is 7.76. The van der Waals surface area contributed by atoms with Crippen LogP contribution in [0, 0.1) is 17.8 Å². The van der Waals surface area contributed by atoms with Crippen molar-refractivity contribution in [2.24, 2.45) is 23.5 Å². The topological polar surface area (TPSA) is 271 Å². The molecule has 1 aliphatic heterocycles. The number of hydrogen-bond acceptors (Lipinski definition) is 12. The Bertz CT molecular complexity index is 1990. The number of nitrogens with one attached hydrogen (secondary N) is 3. The van der Waals surface area contributed by atoms with Gasteiger partial charge in [0.15, 0.2) is 0 Å². The Morgan fingerprint density at radius 3 is 1.80 bits per heavy atom. The van der Waals surface area contributed by atoms with Gasteiger partial charge in [0.2, 0.25) is 35.4 Å². The molecule has 424 valence electrons. The van der Waals surface area contributed by atoms with Crippen molar-refractivity contribution in [3.63, 3.8) is 0 Å². The number of ether oxygens (including phenoxy) is 2. The van der Waals surface area contributed by atoms with Crippen LogP contribution in [0.5, 0.6) is 0 Å². The maximum atomic E-state index is 14.3. The van der Waals surface area contributed by atoms with Gasteiger partial charge in [-0.05, 0) is 83.7 Å². The number of aliphatic carboxylic acids is 2. The van der Waals surface area contributed by atoms with E-state index in [1.807, 2.05) is 71.8 Å². The van der Waals surface area contributed by atoms with Crippen molar-refractivity contribution < 1.29 is 84.4 Å². The number of amides is 6. The third kappa shape index (κ3) is 22.1. The summed E-state index contributed by atoms with van der Waals surface area (Å²) in [6.45, 7) is 15.5. The first-order valence-corrected chi connectivity index (χ1v) is 23.9. The molecule has 0 bridgehead atoms. The SMILES string of the molecule is CCC(C)C(C(CC(=O)N1CCC[C@H]1C(OC)C(C)C(=O)N(C)CCc1cccc(NC(=O)C(C)NC(=O)C(C)N)c1)OC)N(C)C(=O)C(NC(=O)C(C)N(C)C)C(C)C.O=C(O)C(F)(F)F.O=C(O)C(F)(F)F. The summed E-state index contributed by atoms with van der Waals surface area (Å²) in [7, 11) is 10.2. The third-order valence-corrected chi connectivity index (χ3v) is 12.6. The summed E-state index contributed by atoms with van der Waals surface area (Å²) >= 11 is 0. The molecule has 7 N–H and O–H groups in total. The summed E-state index contributed by atoms with van der Waals surface area (Å²) in [5.41, 5.74) is 7.07. The second-order valence-electron chi connectivity index (χ2n) is 18.8. The Kier molecular flexibility index (Phi) is 29.0. The predicted molar refractivity (Wildman–Crippen MR) is 261 cm³/mol. The highest BCUT2D eigenvalue weighted by Gasteiger charge is 2.44. The van der Waals surface area contributed by atoms with Crippen molar-refractivity contribution >= 4 is 53.1 Å². The number of benzene rings is 1. The summed E-state index contributed by atoms with van der Waals surface area (Å²) in [6.07, 6.45) is -8.66. The van der Waals surface area contributed by atoms with Crippen LogP contribution >= 0.6 is 0 Å². The Morgan fingerprint density at radius 1 is 0.811 bits per heavy atom. The minimum absolute atomic E-state index is 0.0225. The van der Waals surface area contributed by atoms with Crippen LogP contribution in [0.15, 0.2) is 24.3 Å².